The maximum Gasteiger partial charge on any atom is 0.413 e. The molecular formula is C58H36BF6N3. The third-order valence-corrected chi connectivity index (χ3v) is 13.0. The lowest BCUT2D eigenvalue weighted by atomic mass is 9.33. The molecule has 3 heterocycles. The molecule has 0 spiro atoms. The van der Waals surface area contributed by atoms with Gasteiger partial charge in [-0.05, 0) is 79.1 Å². The molecule has 0 radical (unpaired) electrons. The molecule has 1 unspecified atom stereocenters. The molecule has 1 aliphatic carbocycles. The van der Waals surface area contributed by atoms with E-state index in [-0.39, 0.29) is 5.46 Å². The molecule has 1 aliphatic rings. The highest BCUT2D eigenvalue weighted by Crippen LogP contribution is 2.44. The van der Waals surface area contributed by atoms with Gasteiger partial charge in [0, 0.05) is 66.3 Å². The van der Waals surface area contributed by atoms with Gasteiger partial charge >= 0.3 is 12.4 Å². The van der Waals surface area contributed by atoms with Crippen molar-refractivity contribution in [1.29, 1.82) is 0 Å². The minimum atomic E-state index is -4.88. The van der Waals surface area contributed by atoms with Crippen LogP contribution in [-0.4, -0.2) is 32.8 Å². The molecule has 3 aromatic heterocycles. The zero-order valence-electron chi connectivity index (χ0n) is 36.0. The van der Waals surface area contributed by atoms with Crippen molar-refractivity contribution in [2.45, 2.75) is 24.5 Å². The van der Waals surface area contributed by atoms with Gasteiger partial charge in [0.15, 0.2) is 0 Å². The highest BCUT2D eigenvalue weighted by Gasteiger charge is 2.45. The third-order valence-electron chi connectivity index (χ3n) is 13.0. The van der Waals surface area contributed by atoms with Crippen LogP contribution in [0.2, 0.25) is 12.1 Å². The molecule has 11 rings (SSSR count). The van der Waals surface area contributed by atoms with Gasteiger partial charge in [0.2, 0.25) is 6.71 Å². The second-order valence-corrected chi connectivity index (χ2v) is 16.8. The average Bonchev–Trinajstić information content (AvgIpc) is 3.89. The first-order chi connectivity index (χ1) is 33.0. The zero-order valence-corrected chi connectivity index (χ0v) is 36.0. The molecule has 68 heavy (non-hydrogen) atoms. The van der Waals surface area contributed by atoms with Crippen molar-refractivity contribution in [3.8, 4) is 41.2 Å². The van der Waals surface area contributed by atoms with Gasteiger partial charge in [-0.1, -0.05) is 145 Å². The van der Waals surface area contributed by atoms with Crippen molar-refractivity contribution < 1.29 is 26.3 Å². The highest BCUT2D eigenvalue weighted by atomic mass is 19.4. The van der Waals surface area contributed by atoms with Crippen molar-refractivity contribution >= 4 is 77.6 Å². The largest absolute Gasteiger partial charge is 0.413 e. The van der Waals surface area contributed by atoms with Gasteiger partial charge in [-0.3, -0.25) is 0 Å². The standard InChI is InChI=1S/C58H36BF6N3/c1-2-3-7-18-38(57(60,61)62)37-59(50-26-13-6-12-25-49(50)58(63,64)65)39-29-33-53-47(35-39)48-36-42(30-34-54(48)66(53)40-19-8-4-9-20-40)68-52-28-17-15-24-44(52)46-32-31-45-43-23-14-16-27-51(43)67(55(45)56(46)68)41-21-10-5-11-22-41/h1,3-12,14-25,27-36,50H,37H2/b7-3-,38-18+. The van der Waals surface area contributed by atoms with Crippen LogP contribution in [-0.2, 0) is 0 Å². The number of hydrogen-bond donors (Lipinski definition) is 0. The van der Waals surface area contributed by atoms with Gasteiger partial charge in [0.1, 0.15) is 0 Å². The first kappa shape index (κ1) is 42.3. The summed E-state index contributed by atoms with van der Waals surface area (Å²) >= 11 is 0. The third kappa shape index (κ3) is 7.08. The summed E-state index contributed by atoms with van der Waals surface area (Å²) in [6, 6.07) is 52.2. The molecule has 328 valence electrons. The summed E-state index contributed by atoms with van der Waals surface area (Å²) in [5.74, 6) is 5.90. The van der Waals surface area contributed by atoms with Crippen LogP contribution in [0.15, 0.2) is 205 Å². The van der Waals surface area contributed by atoms with E-state index in [1.807, 2.05) is 78.9 Å². The molecule has 10 heteroatoms. The summed E-state index contributed by atoms with van der Waals surface area (Å²) in [7, 11) is 0. The summed E-state index contributed by atoms with van der Waals surface area (Å²) in [5.41, 5.74) is 6.40. The molecule has 3 nitrogen and oxygen atoms in total. The number of aromatic nitrogens is 3. The minimum absolute atomic E-state index is 0.272. The Hall–Kier alpha value is -8.34. The Labute approximate surface area is 387 Å². The Morgan fingerprint density at radius 3 is 1.74 bits per heavy atom. The van der Waals surface area contributed by atoms with Crippen LogP contribution in [0.5, 0.6) is 0 Å². The number of fused-ring (bicyclic) bond motifs is 10. The molecule has 0 bridgehead atoms. The fourth-order valence-corrected chi connectivity index (χ4v) is 10.1. The highest BCUT2D eigenvalue weighted by molar-refractivity contribution is 6.76. The smallest absolute Gasteiger partial charge is 0.309 e. The van der Waals surface area contributed by atoms with Gasteiger partial charge in [-0.25, -0.2) is 0 Å². The van der Waals surface area contributed by atoms with Crippen molar-refractivity contribution in [2.24, 2.45) is 0 Å². The lowest BCUT2D eigenvalue weighted by molar-refractivity contribution is -0.0926. The van der Waals surface area contributed by atoms with E-state index in [1.165, 1.54) is 12.2 Å². The van der Waals surface area contributed by atoms with E-state index in [4.69, 9.17) is 6.42 Å². The lowest BCUT2D eigenvalue weighted by Crippen LogP contribution is -2.39. The van der Waals surface area contributed by atoms with Crippen LogP contribution in [0.1, 0.15) is 0 Å². The topological polar surface area (TPSA) is 14.8 Å². The summed E-state index contributed by atoms with van der Waals surface area (Å²) in [4.78, 5) is 0. The predicted molar refractivity (Wildman–Crippen MR) is 267 cm³/mol. The Bertz CT molecular complexity index is 3880. The van der Waals surface area contributed by atoms with E-state index in [0.29, 0.717) is 5.39 Å². The van der Waals surface area contributed by atoms with Crippen LogP contribution in [0.3, 0.4) is 0 Å². The number of para-hydroxylation sites is 4. The Morgan fingerprint density at radius 2 is 1.13 bits per heavy atom. The SMILES string of the molecule is C#C/C=C\C=C(/CB(c1ccc2c(c1)c1cc(-n3c4ccccc4c4ccc5c6ccccc6n(-c6ccccc6)c5c43)ccc1n2-c1ccccc1)C1C#CC=CC=C1C(F)(F)F)C(F)(F)F. The summed E-state index contributed by atoms with van der Waals surface area (Å²) in [6.07, 6.45) is 1.15. The fourth-order valence-electron chi connectivity index (χ4n) is 10.1. The number of benzene rings is 7. The predicted octanol–water partition coefficient (Wildman–Crippen LogP) is 14.8. The summed E-state index contributed by atoms with van der Waals surface area (Å²) < 4.78 is 96.2. The second-order valence-electron chi connectivity index (χ2n) is 16.8. The second kappa shape index (κ2) is 16.5. The van der Waals surface area contributed by atoms with Gasteiger partial charge < -0.3 is 13.7 Å². The first-order valence-corrected chi connectivity index (χ1v) is 22.0. The van der Waals surface area contributed by atoms with Crippen LogP contribution in [0.4, 0.5) is 26.3 Å². The van der Waals surface area contributed by atoms with Crippen LogP contribution in [0, 0.1) is 24.2 Å². The molecule has 0 aliphatic heterocycles. The number of hydrogen-bond acceptors (Lipinski definition) is 0. The number of halogens is 6. The summed E-state index contributed by atoms with van der Waals surface area (Å²) in [5, 5.41) is 5.67. The molecule has 1 atom stereocenters. The Balaban J connectivity index is 1.21. The van der Waals surface area contributed by atoms with Crippen molar-refractivity contribution in [3.05, 3.63) is 205 Å². The lowest BCUT2D eigenvalue weighted by Gasteiger charge is -2.26. The minimum Gasteiger partial charge on any atom is -0.309 e. The maximum atomic E-state index is 15.0. The Kier molecular flexibility index (Phi) is 10.3. The maximum absolute atomic E-state index is 15.0. The van der Waals surface area contributed by atoms with Crippen LogP contribution < -0.4 is 5.46 Å². The van der Waals surface area contributed by atoms with E-state index in [2.05, 4.69) is 92.1 Å². The van der Waals surface area contributed by atoms with Gasteiger partial charge in [-0.2, -0.15) is 26.3 Å². The fraction of sp³-hybridized carbons (Fsp3) is 0.0690. The Morgan fingerprint density at radius 1 is 0.588 bits per heavy atom. The van der Waals surface area contributed by atoms with E-state index >= 15 is 0 Å². The average molecular weight is 900 g/mol. The van der Waals surface area contributed by atoms with E-state index in [9.17, 15) is 26.3 Å². The van der Waals surface area contributed by atoms with Crippen molar-refractivity contribution in [2.75, 3.05) is 0 Å². The number of alkyl halides is 6. The molecular weight excluding hydrogens is 863 g/mol. The van der Waals surface area contributed by atoms with E-state index in [0.717, 1.165) is 101 Å². The normalized spacial score (nSPS) is 14.6. The number of allylic oxidation sites excluding steroid dienone is 8. The molecule has 10 aromatic rings. The van der Waals surface area contributed by atoms with Crippen molar-refractivity contribution in [3.63, 3.8) is 0 Å². The number of nitrogens with zero attached hydrogens (tertiary/aromatic N) is 3. The molecule has 0 N–H and O–H groups in total. The quantitative estimate of drug-likeness (QED) is 0.0625. The van der Waals surface area contributed by atoms with E-state index in [1.54, 1.807) is 18.2 Å². The van der Waals surface area contributed by atoms with Crippen molar-refractivity contribution in [1.82, 2.24) is 13.7 Å². The van der Waals surface area contributed by atoms with Gasteiger partial charge in [0.25, 0.3) is 0 Å². The number of terminal acetylenes is 1. The summed E-state index contributed by atoms with van der Waals surface area (Å²) in [6.45, 7) is -1.38. The van der Waals surface area contributed by atoms with Crippen LogP contribution >= 0.6 is 0 Å². The first-order valence-electron chi connectivity index (χ1n) is 22.0. The molecule has 0 saturated carbocycles. The van der Waals surface area contributed by atoms with Crippen LogP contribution in [0.25, 0.3) is 82.5 Å². The van der Waals surface area contributed by atoms with Gasteiger partial charge in [-0.15, -0.1) is 6.42 Å². The molecule has 7 aromatic carbocycles. The molecule has 0 fully saturated rings. The zero-order chi connectivity index (χ0) is 46.7. The number of rotatable bonds is 8. The van der Waals surface area contributed by atoms with E-state index < -0.39 is 42.3 Å². The molecule has 0 amide bonds. The molecule has 0 saturated heterocycles. The monoisotopic (exact) mass is 899 g/mol. The van der Waals surface area contributed by atoms with Gasteiger partial charge in [0.05, 0.1) is 33.1 Å².